The van der Waals surface area contributed by atoms with Gasteiger partial charge in [-0.25, -0.2) is 4.68 Å². The number of anilines is 1. The molecule has 0 radical (unpaired) electrons. The van der Waals surface area contributed by atoms with Gasteiger partial charge < -0.3 is 5.32 Å². The Balaban J connectivity index is 1.64. The predicted octanol–water partition coefficient (Wildman–Crippen LogP) is 1.83. The molecule has 0 atom stereocenters. The molecular weight excluding hydrogens is 306 g/mol. The maximum absolute atomic E-state index is 12.2. The smallest absolute Gasteiger partial charge is 0.249 e. The topological polar surface area (TPSA) is 90.5 Å². The van der Waals surface area contributed by atoms with Crippen LogP contribution < -0.4 is 5.32 Å². The summed E-state index contributed by atoms with van der Waals surface area (Å²) in [6, 6.07) is 11.3. The van der Waals surface area contributed by atoms with E-state index in [1.54, 1.807) is 16.9 Å². The second-order valence-electron chi connectivity index (χ2n) is 5.85. The number of carbonyl (C=O) groups excluding carboxylic acids is 1. The van der Waals surface area contributed by atoms with Crippen molar-refractivity contribution in [3.63, 3.8) is 0 Å². The van der Waals surface area contributed by atoms with Gasteiger partial charge in [-0.15, -0.1) is 10.2 Å². The minimum Gasteiger partial charge on any atom is -0.309 e. The summed E-state index contributed by atoms with van der Waals surface area (Å²) in [5, 5.41) is 19.2. The number of tetrazole rings is 1. The van der Waals surface area contributed by atoms with Crippen LogP contribution >= 0.6 is 0 Å². The summed E-state index contributed by atoms with van der Waals surface area (Å²) in [5.41, 5.74) is 0.860. The van der Waals surface area contributed by atoms with E-state index < -0.39 is 0 Å². The summed E-state index contributed by atoms with van der Waals surface area (Å²) in [5.74, 6) is 1.37. The highest BCUT2D eigenvalue weighted by Crippen LogP contribution is 2.12. The minimum atomic E-state index is -0.225. The first-order valence-electron chi connectivity index (χ1n) is 7.76. The molecule has 3 rings (SSSR count). The van der Waals surface area contributed by atoms with Gasteiger partial charge in [0.2, 0.25) is 11.7 Å². The number of nitrogens with one attached hydrogen (secondary N) is 1. The normalized spacial score (nSPS) is 11.0. The van der Waals surface area contributed by atoms with Crippen LogP contribution in [0.25, 0.3) is 11.4 Å². The third-order valence-electron chi connectivity index (χ3n) is 3.29. The molecule has 3 aromatic rings. The van der Waals surface area contributed by atoms with E-state index in [-0.39, 0.29) is 12.5 Å². The Hall–Kier alpha value is -3.03. The van der Waals surface area contributed by atoms with E-state index in [4.69, 9.17) is 0 Å². The lowest BCUT2D eigenvalue weighted by molar-refractivity contribution is -0.117. The lowest BCUT2D eigenvalue weighted by atomic mass is 10.2. The average molecular weight is 325 g/mol. The maximum atomic E-state index is 12.2. The Bertz CT molecular complexity index is 807. The third kappa shape index (κ3) is 3.83. The number of amides is 1. The van der Waals surface area contributed by atoms with Crippen LogP contribution in [-0.4, -0.2) is 35.9 Å². The van der Waals surface area contributed by atoms with Gasteiger partial charge in [-0.2, -0.15) is 9.90 Å². The first kappa shape index (κ1) is 15.9. The molecule has 0 saturated carbocycles. The van der Waals surface area contributed by atoms with E-state index in [1.807, 2.05) is 30.3 Å². The second kappa shape index (κ2) is 7.03. The average Bonchev–Trinajstić information content (AvgIpc) is 3.18. The molecule has 0 saturated heterocycles. The first-order chi connectivity index (χ1) is 11.6. The van der Waals surface area contributed by atoms with Crippen molar-refractivity contribution in [3.05, 3.63) is 42.6 Å². The Morgan fingerprint density at radius 2 is 2.00 bits per heavy atom. The fourth-order valence-corrected chi connectivity index (χ4v) is 2.25. The highest BCUT2D eigenvalue weighted by molar-refractivity contribution is 5.89. The molecule has 124 valence electrons. The lowest BCUT2D eigenvalue weighted by Gasteiger charge is -2.10. The summed E-state index contributed by atoms with van der Waals surface area (Å²) in [7, 11) is 0. The third-order valence-corrected chi connectivity index (χ3v) is 3.29. The fourth-order valence-electron chi connectivity index (χ4n) is 2.25. The number of benzene rings is 1. The van der Waals surface area contributed by atoms with Gasteiger partial charge in [0.25, 0.3) is 0 Å². The van der Waals surface area contributed by atoms with E-state index in [0.29, 0.717) is 17.6 Å². The lowest BCUT2D eigenvalue weighted by Crippen LogP contribution is -2.22. The van der Waals surface area contributed by atoms with E-state index >= 15 is 0 Å². The molecule has 0 aliphatic carbocycles. The van der Waals surface area contributed by atoms with Gasteiger partial charge in [0.1, 0.15) is 12.4 Å². The highest BCUT2D eigenvalue weighted by atomic mass is 16.2. The Kier molecular flexibility index (Phi) is 4.64. The molecule has 0 bridgehead atoms. The Labute approximate surface area is 139 Å². The van der Waals surface area contributed by atoms with Gasteiger partial charge in [-0.05, 0) is 11.1 Å². The molecule has 2 heterocycles. The SMILES string of the molecule is CC(C)Cn1nccc1NC(=O)Cn1nnc(-c2ccccc2)n1. The van der Waals surface area contributed by atoms with Crippen molar-refractivity contribution >= 4 is 11.7 Å². The largest absolute Gasteiger partial charge is 0.309 e. The molecule has 0 aliphatic heterocycles. The zero-order valence-corrected chi connectivity index (χ0v) is 13.6. The summed E-state index contributed by atoms with van der Waals surface area (Å²) in [4.78, 5) is 13.5. The second-order valence-corrected chi connectivity index (χ2v) is 5.85. The fraction of sp³-hybridized carbons (Fsp3) is 0.312. The van der Waals surface area contributed by atoms with Crippen molar-refractivity contribution in [2.75, 3.05) is 5.32 Å². The number of rotatable bonds is 6. The van der Waals surface area contributed by atoms with Crippen molar-refractivity contribution in [1.82, 2.24) is 30.0 Å². The van der Waals surface area contributed by atoms with Crippen LogP contribution in [0.3, 0.4) is 0 Å². The molecule has 24 heavy (non-hydrogen) atoms. The van der Waals surface area contributed by atoms with Crippen molar-refractivity contribution in [3.8, 4) is 11.4 Å². The van der Waals surface area contributed by atoms with Gasteiger partial charge >= 0.3 is 0 Å². The molecule has 1 aromatic carbocycles. The quantitative estimate of drug-likeness (QED) is 0.746. The highest BCUT2D eigenvalue weighted by Gasteiger charge is 2.12. The van der Waals surface area contributed by atoms with Crippen LogP contribution in [0.2, 0.25) is 0 Å². The monoisotopic (exact) mass is 325 g/mol. The minimum absolute atomic E-state index is 0.00725. The zero-order chi connectivity index (χ0) is 16.9. The molecule has 0 aliphatic rings. The molecule has 0 unspecified atom stereocenters. The van der Waals surface area contributed by atoms with Gasteiger partial charge in [-0.3, -0.25) is 4.79 Å². The van der Waals surface area contributed by atoms with Crippen LogP contribution in [-0.2, 0) is 17.9 Å². The first-order valence-corrected chi connectivity index (χ1v) is 7.76. The number of hydrogen-bond acceptors (Lipinski definition) is 5. The molecule has 1 amide bonds. The number of aromatic nitrogens is 6. The molecular formula is C16H19N7O. The predicted molar refractivity (Wildman–Crippen MR) is 88.9 cm³/mol. The summed E-state index contributed by atoms with van der Waals surface area (Å²) >= 11 is 0. The van der Waals surface area contributed by atoms with Crippen LogP contribution in [0, 0.1) is 5.92 Å². The van der Waals surface area contributed by atoms with E-state index in [1.165, 1.54) is 4.80 Å². The Morgan fingerprint density at radius 3 is 2.75 bits per heavy atom. The maximum Gasteiger partial charge on any atom is 0.249 e. The van der Waals surface area contributed by atoms with E-state index in [9.17, 15) is 4.79 Å². The molecule has 8 nitrogen and oxygen atoms in total. The zero-order valence-electron chi connectivity index (χ0n) is 13.6. The molecule has 0 fully saturated rings. The van der Waals surface area contributed by atoms with Crippen LogP contribution in [0.15, 0.2) is 42.6 Å². The van der Waals surface area contributed by atoms with Crippen molar-refractivity contribution in [2.45, 2.75) is 26.9 Å². The van der Waals surface area contributed by atoms with Gasteiger partial charge in [-0.1, -0.05) is 44.2 Å². The van der Waals surface area contributed by atoms with Crippen molar-refractivity contribution in [1.29, 1.82) is 0 Å². The molecule has 2 aromatic heterocycles. The number of nitrogens with zero attached hydrogens (tertiary/aromatic N) is 6. The van der Waals surface area contributed by atoms with Crippen molar-refractivity contribution < 1.29 is 4.79 Å². The standard InChI is InChI=1S/C16H19N7O/c1-12(2)10-22-14(8-9-17-22)18-15(24)11-23-20-16(19-21-23)13-6-4-3-5-7-13/h3-9,12H,10-11H2,1-2H3,(H,18,24). The molecule has 8 heteroatoms. The van der Waals surface area contributed by atoms with Crippen LogP contribution in [0.4, 0.5) is 5.82 Å². The van der Waals surface area contributed by atoms with Crippen LogP contribution in [0.5, 0.6) is 0 Å². The number of hydrogen-bond donors (Lipinski definition) is 1. The van der Waals surface area contributed by atoms with E-state index in [2.05, 4.69) is 39.7 Å². The van der Waals surface area contributed by atoms with E-state index in [0.717, 1.165) is 12.1 Å². The molecule has 0 spiro atoms. The number of carbonyl (C=O) groups is 1. The van der Waals surface area contributed by atoms with Crippen LogP contribution in [0.1, 0.15) is 13.8 Å². The molecule has 1 N–H and O–H groups in total. The summed E-state index contributed by atoms with van der Waals surface area (Å²) in [6.45, 7) is 4.92. The summed E-state index contributed by atoms with van der Waals surface area (Å²) in [6.07, 6.45) is 1.67. The Morgan fingerprint density at radius 1 is 1.21 bits per heavy atom. The van der Waals surface area contributed by atoms with Gasteiger partial charge in [0.15, 0.2) is 0 Å². The van der Waals surface area contributed by atoms with Gasteiger partial charge in [0.05, 0.1) is 6.20 Å². The summed E-state index contributed by atoms with van der Waals surface area (Å²) < 4.78 is 1.77. The van der Waals surface area contributed by atoms with Crippen molar-refractivity contribution in [2.24, 2.45) is 5.92 Å². The van der Waals surface area contributed by atoms with Gasteiger partial charge in [0, 0.05) is 18.2 Å².